The highest BCUT2D eigenvalue weighted by molar-refractivity contribution is 9.10. The van der Waals surface area contributed by atoms with Crippen molar-refractivity contribution < 1.29 is 19.0 Å². The number of fused-ring (bicyclic) bond motifs is 1. The first-order chi connectivity index (χ1) is 14.2. The Balaban J connectivity index is 1.39. The minimum atomic E-state index is -0.340. The van der Waals surface area contributed by atoms with Crippen molar-refractivity contribution >= 4 is 28.1 Å². The van der Waals surface area contributed by atoms with Crippen molar-refractivity contribution in [3.05, 3.63) is 87.9 Å². The number of ether oxygens (including phenoxy) is 3. The van der Waals surface area contributed by atoms with E-state index in [0.29, 0.717) is 29.4 Å². The van der Waals surface area contributed by atoms with Gasteiger partial charge in [0.1, 0.15) is 12.4 Å². The van der Waals surface area contributed by atoms with Crippen LogP contribution in [0, 0.1) is 0 Å². The van der Waals surface area contributed by atoms with E-state index in [4.69, 9.17) is 14.2 Å². The molecule has 7 heteroatoms. The van der Waals surface area contributed by atoms with E-state index in [1.807, 2.05) is 48.5 Å². The SMILES string of the molecule is O=C(N/N=C\c1ccccc1OCc1ccc(Br)cc1)c1ccc2c(c1)OCO2. The number of hydrazone groups is 1. The van der Waals surface area contributed by atoms with Gasteiger partial charge in [-0.1, -0.05) is 40.2 Å². The van der Waals surface area contributed by atoms with Crippen LogP contribution < -0.4 is 19.6 Å². The van der Waals surface area contributed by atoms with Gasteiger partial charge >= 0.3 is 0 Å². The number of halogens is 1. The molecule has 0 bridgehead atoms. The number of nitrogens with zero attached hydrogens (tertiary/aromatic N) is 1. The lowest BCUT2D eigenvalue weighted by Crippen LogP contribution is -2.17. The Morgan fingerprint density at radius 1 is 1.07 bits per heavy atom. The Kier molecular flexibility index (Phi) is 5.76. The van der Waals surface area contributed by atoms with Crippen molar-refractivity contribution in [3.8, 4) is 17.2 Å². The molecule has 0 spiro atoms. The van der Waals surface area contributed by atoms with Crippen molar-refractivity contribution in [1.82, 2.24) is 5.43 Å². The monoisotopic (exact) mass is 452 g/mol. The molecule has 4 rings (SSSR count). The smallest absolute Gasteiger partial charge is 0.271 e. The Labute approximate surface area is 176 Å². The molecule has 146 valence electrons. The van der Waals surface area contributed by atoms with Gasteiger partial charge in [0.25, 0.3) is 5.91 Å². The van der Waals surface area contributed by atoms with Crippen molar-refractivity contribution in [2.24, 2.45) is 5.10 Å². The summed E-state index contributed by atoms with van der Waals surface area (Å²) in [6.07, 6.45) is 1.56. The lowest BCUT2D eigenvalue weighted by Gasteiger charge is -2.09. The highest BCUT2D eigenvalue weighted by Crippen LogP contribution is 2.32. The van der Waals surface area contributed by atoms with Crippen LogP contribution in [0.4, 0.5) is 0 Å². The molecule has 1 amide bonds. The minimum Gasteiger partial charge on any atom is -0.488 e. The predicted octanol–water partition coefficient (Wildman–Crippen LogP) is 4.52. The zero-order valence-electron chi connectivity index (χ0n) is 15.3. The first-order valence-corrected chi connectivity index (χ1v) is 9.68. The molecule has 0 atom stereocenters. The van der Waals surface area contributed by atoms with E-state index in [1.165, 1.54) is 0 Å². The second-order valence-corrected chi connectivity index (χ2v) is 7.14. The zero-order valence-corrected chi connectivity index (χ0v) is 16.9. The van der Waals surface area contributed by atoms with Crippen LogP contribution in [0.5, 0.6) is 17.2 Å². The Hall–Kier alpha value is -3.32. The molecule has 29 heavy (non-hydrogen) atoms. The minimum absolute atomic E-state index is 0.162. The molecular weight excluding hydrogens is 436 g/mol. The maximum Gasteiger partial charge on any atom is 0.271 e. The first kappa shape index (κ1) is 19.0. The molecule has 0 saturated carbocycles. The molecule has 1 heterocycles. The lowest BCUT2D eigenvalue weighted by atomic mass is 10.2. The van der Waals surface area contributed by atoms with Gasteiger partial charge in [-0.25, -0.2) is 5.43 Å². The topological polar surface area (TPSA) is 69.2 Å². The van der Waals surface area contributed by atoms with Crippen LogP contribution in [-0.2, 0) is 6.61 Å². The van der Waals surface area contributed by atoms with E-state index < -0.39 is 0 Å². The van der Waals surface area contributed by atoms with Crippen LogP contribution in [-0.4, -0.2) is 18.9 Å². The number of amides is 1. The average molecular weight is 453 g/mol. The second kappa shape index (κ2) is 8.79. The highest BCUT2D eigenvalue weighted by atomic mass is 79.9. The lowest BCUT2D eigenvalue weighted by molar-refractivity contribution is 0.0954. The molecule has 0 aromatic heterocycles. The molecule has 0 unspecified atom stereocenters. The third kappa shape index (κ3) is 4.75. The summed E-state index contributed by atoms with van der Waals surface area (Å²) >= 11 is 3.42. The molecule has 3 aromatic carbocycles. The number of hydrogen-bond acceptors (Lipinski definition) is 5. The quantitative estimate of drug-likeness (QED) is 0.440. The van der Waals surface area contributed by atoms with Gasteiger partial charge in [-0.3, -0.25) is 4.79 Å². The normalized spacial score (nSPS) is 12.2. The number of nitrogens with one attached hydrogen (secondary N) is 1. The van der Waals surface area contributed by atoms with Crippen LogP contribution in [0.2, 0.25) is 0 Å². The standard InChI is InChI=1S/C22H17BrN2O4/c23-18-8-5-15(6-9-18)13-27-19-4-2-1-3-17(19)12-24-25-22(26)16-7-10-20-21(11-16)29-14-28-20/h1-12H,13-14H2,(H,25,26)/b24-12-. The predicted molar refractivity (Wildman–Crippen MR) is 113 cm³/mol. The molecule has 1 aliphatic heterocycles. The van der Waals surface area contributed by atoms with Crippen LogP contribution >= 0.6 is 15.9 Å². The molecule has 0 radical (unpaired) electrons. The fourth-order valence-electron chi connectivity index (χ4n) is 2.72. The third-order valence-corrected chi connectivity index (χ3v) is 4.76. The van der Waals surface area contributed by atoms with E-state index in [9.17, 15) is 4.79 Å². The number of hydrogen-bond donors (Lipinski definition) is 1. The number of benzene rings is 3. The van der Waals surface area contributed by atoms with Crippen molar-refractivity contribution in [1.29, 1.82) is 0 Å². The summed E-state index contributed by atoms with van der Waals surface area (Å²) in [5.74, 6) is 1.51. The molecule has 0 aliphatic carbocycles. The number of carbonyl (C=O) groups is 1. The van der Waals surface area contributed by atoms with Crippen molar-refractivity contribution in [2.75, 3.05) is 6.79 Å². The Bertz CT molecular complexity index is 1050. The highest BCUT2D eigenvalue weighted by Gasteiger charge is 2.15. The van der Waals surface area contributed by atoms with Crippen molar-refractivity contribution in [2.45, 2.75) is 6.61 Å². The van der Waals surface area contributed by atoms with Crippen LogP contribution in [0.3, 0.4) is 0 Å². The van der Waals surface area contributed by atoms with Crippen molar-refractivity contribution in [3.63, 3.8) is 0 Å². The molecule has 1 N–H and O–H groups in total. The van der Waals surface area contributed by atoms with Gasteiger partial charge in [0, 0.05) is 15.6 Å². The van der Waals surface area contributed by atoms with Gasteiger partial charge in [-0.05, 0) is 48.0 Å². The van der Waals surface area contributed by atoms with Gasteiger partial charge < -0.3 is 14.2 Å². The molecule has 1 aliphatic rings. The Morgan fingerprint density at radius 3 is 2.72 bits per heavy atom. The number of carbonyl (C=O) groups excluding carboxylic acids is 1. The second-order valence-electron chi connectivity index (χ2n) is 6.22. The van der Waals surface area contributed by atoms with E-state index in [0.717, 1.165) is 15.6 Å². The maximum absolute atomic E-state index is 12.3. The molecule has 0 fully saturated rings. The van der Waals surface area contributed by atoms with Crippen LogP contribution in [0.1, 0.15) is 21.5 Å². The zero-order chi connectivity index (χ0) is 20.1. The molecule has 0 saturated heterocycles. The molecule has 6 nitrogen and oxygen atoms in total. The fraction of sp³-hybridized carbons (Fsp3) is 0.0909. The third-order valence-electron chi connectivity index (χ3n) is 4.23. The number of para-hydroxylation sites is 1. The fourth-order valence-corrected chi connectivity index (χ4v) is 2.99. The maximum atomic E-state index is 12.3. The van der Waals surface area contributed by atoms with Gasteiger partial charge in [-0.2, -0.15) is 5.10 Å². The first-order valence-electron chi connectivity index (χ1n) is 8.88. The van der Waals surface area contributed by atoms with Crippen LogP contribution in [0.15, 0.2) is 76.3 Å². The van der Waals surface area contributed by atoms with Crippen LogP contribution in [0.25, 0.3) is 0 Å². The summed E-state index contributed by atoms with van der Waals surface area (Å²) in [5, 5.41) is 4.06. The van der Waals surface area contributed by atoms with E-state index in [1.54, 1.807) is 24.4 Å². The average Bonchev–Trinajstić information content (AvgIpc) is 3.22. The largest absolute Gasteiger partial charge is 0.488 e. The summed E-state index contributed by atoms with van der Waals surface area (Å²) in [7, 11) is 0. The van der Waals surface area contributed by atoms with Gasteiger partial charge in [0.05, 0.1) is 6.21 Å². The molecule has 3 aromatic rings. The summed E-state index contributed by atoms with van der Waals surface area (Å²) in [4.78, 5) is 12.3. The molecular formula is C22H17BrN2O4. The van der Waals surface area contributed by atoms with E-state index in [2.05, 4.69) is 26.5 Å². The summed E-state index contributed by atoms with van der Waals surface area (Å²) in [5.41, 5.74) is 4.77. The van der Waals surface area contributed by atoms with E-state index >= 15 is 0 Å². The summed E-state index contributed by atoms with van der Waals surface area (Å²) in [6.45, 7) is 0.595. The van der Waals surface area contributed by atoms with Gasteiger partial charge in [0.2, 0.25) is 6.79 Å². The number of rotatable bonds is 6. The summed E-state index contributed by atoms with van der Waals surface area (Å²) in [6, 6.07) is 20.4. The van der Waals surface area contributed by atoms with E-state index in [-0.39, 0.29) is 12.7 Å². The van der Waals surface area contributed by atoms with Gasteiger partial charge in [0.15, 0.2) is 11.5 Å². The Morgan fingerprint density at radius 2 is 1.86 bits per heavy atom. The van der Waals surface area contributed by atoms with Gasteiger partial charge in [-0.15, -0.1) is 0 Å². The summed E-state index contributed by atoms with van der Waals surface area (Å²) < 4.78 is 17.5.